The Labute approximate surface area is 217 Å². The summed E-state index contributed by atoms with van der Waals surface area (Å²) in [5.41, 5.74) is -0.151. The maximum Gasteiger partial charge on any atom is 0.416 e. The Morgan fingerprint density at radius 2 is 1.86 bits per heavy atom. The molecular weight excluding hydrogens is 529 g/mol. The van der Waals surface area contributed by atoms with Gasteiger partial charge in [-0.1, -0.05) is 6.07 Å². The van der Waals surface area contributed by atoms with E-state index in [-0.39, 0.29) is 24.6 Å². The maximum absolute atomic E-state index is 12.9. The van der Waals surface area contributed by atoms with Gasteiger partial charge >= 0.3 is 6.18 Å². The van der Waals surface area contributed by atoms with Gasteiger partial charge in [-0.2, -0.15) is 13.2 Å². The number of benzene rings is 2. The van der Waals surface area contributed by atoms with E-state index in [4.69, 9.17) is 4.74 Å². The predicted octanol–water partition coefficient (Wildman–Crippen LogP) is 3.42. The molecule has 13 heteroatoms. The van der Waals surface area contributed by atoms with E-state index in [2.05, 4.69) is 14.6 Å². The average Bonchev–Trinajstić information content (AvgIpc) is 3.21. The van der Waals surface area contributed by atoms with Gasteiger partial charge in [-0.3, -0.25) is 14.5 Å². The fourth-order valence-electron chi connectivity index (χ4n) is 4.09. The summed E-state index contributed by atoms with van der Waals surface area (Å²) in [7, 11) is -3.81. The molecule has 202 valence electrons. The molecule has 0 radical (unpaired) electrons. The number of piperazine rings is 1. The van der Waals surface area contributed by atoms with Crippen LogP contribution >= 0.6 is 11.3 Å². The molecule has 2 aromatic carbocycles. The van der Waals surface area contributed by atoms with E-state index in [1.807, 2.05) is 30.0 Å². The van der Waals surface area contributed by atoms with Gasteiger partial charge in [-0.15, -0.1) is 11.3 Å². The Morgan fingerprint density at radius 1 is 1.14 bits per heavy atom. The standard InChI is InChI=1S/C24H29F3N4O4S2/c1-17-28-22-14-21(5-6-23(22)36-17)35-16-20(32)15-31-9-7-30(8-10-31)11-12-37(33,34)29-19-4-2-3-18(13-19)24(25,26)27/h2-6,13-14,20,29,32H,7-12,15-16H2,1H3/t20-/m1/s1. The van der Waals surface area contributed by atoms with Crippen LogP contribution in [0.1, 0.15) is 10.6 Å². The normalized spacial score (nSPS) is 16.7. The lowest BCUT2D eigenvalue weighted by Gasteiger charge is -2.35. The van der Waals surface area contributed by atoms with E-state index in [1.165, 1.54) is 12.1 Å². The van der Waals surface area contributed by atoms with E-state index in [0.717, 1.165) is 27.4 Å². The Kier molecular flexibility index (Phi) is 8.59. The molecule has 2 N–H and O–H groups in total. The Balaban J connectivity index is 1.17. The number of β-amino-alcohol motifs (C(OH)–C–C–N with tert-alkyl or cyclic N) is 1. The molecule has 1 aliphatic heterocycles. The number of aryl methyl sites for hydroxylation is 1. The molecule has 37 heavy (non-hydrogen) atoms. The van der Waals surface area contributed by atoms with Crippen molar-refractivity contribution in [2.24, 2.45) is 0 Å². The predicted molar refractivity (Wildman–Crippen MR) is 138 cm³/mol. The second-order valence-corrected chi connectivity index (χ2v) is 12.0. The lowest BCUT2D eigenvalue weighted by molar-refractivity contribution is -0.137. The van der Waals surface area contributed by atoms with Gasteiger partial charge in [-0.25, -0.2) is 13.4 Å². The molecule has 0 spiro atoms. The van der Waals surface area contributed by atoms with Gasteiger partial charge in [0, 0.05) is 51.0 Å². The monoisotopic (exact) mass is 558 g/mol. The number of alkyl halides is 3. The maximum atomic E-state index is 12.9. The molecule has 0 amide bonds. The SMILES string of the molecule is Cc1nc2cc(OC[C@H](O)CN3CCN(CCS(=O)(=O)Nc4cccc(C(F)(F)F)c4)CC3)ccc2s1. The van der Waals surface area contributed by atoms with Gasteiger partial charge in [0.05, 0.1) is 26.5 Å². The molecule has 4 rings (SSSR count). The Bertz CT molecular complexity index is 1310. The van der Waals surface area contributed by atoms with Crippen LogP contribution in [0.25, 0.3) is 10.2 Å². The number of hydrogen-bond acceptors (Lipinski definition) is 8. The first-order valence-corrected chi connectivity index (χ1v) is 14.2. The minimum Gasteiger partial charge on any atom is -0.491 e. The number of fused-ring (bicyclic) bond motifs is 1. The highest BCUT2D eigenvalue weighted by Crippen LogP contribution is 2.31. The first kappa shape index (κ1) is 27.6. The first-order chi connectivity index (χ1) is 17.5. The second kappa shape index (κ2) is 11.5. The topological polar surface area (TPSA) is 95.0 Å². The first-order valence-electron chi connectivity index (χ1n) is 11.8. The highest BCUT2D eigenvalue weighted by molar-refractivity contribution is 7.92. The quantitative estimate of drug-likeness (QED) is 0.394. The summed E-state index contributed by atoms with van der Waals surface area (Å²) in [4.78, 5) is 8.52. The van der Waals surface area contributed by atoms with Crippen molar-refractivity contribution in [1.82, 2.24) is 14.8 Å². The fourth-order valence-corrected chi connectivity index (χ4v) is 5.98. The van der Waals surface area contributed by atoms with Crippen molar-refractivity contribution in [1.29, 1.82) is 0 Å². The highest BCUT2D eigenvalue weighted by atomic mass is 32.2. The number of nitrogens with one attached hydrogen (secondary N) is 1. The molecule has 1 saturated heterocycles. The van der Waals surface area contributed by atoms with Gasteiger partial charge < -0.3 is 9.84 Å². The molecule has 1 aliphatic rings. The van der Waals surface area contributed by atoms with Crippen LogP contribution in [-0.2, 0) is 16.2 Å². The largest absolute Gasteiger partial charge is 0.491 e. The zero-order valence-electron chi connectivity index (χ0n) is 20.2. The molecule has 0 bridgehead atoms. The van der Waals surface area contributed by atoms with Crippen LogP contribution in [0.5, 0.6) is 5.75 Å². The Hall–Kier alpha value is -2.45. The zero-order valence-corrected chi connectivity index (χ0v) is 21.9. The van der Waals surface area contributed by atoms with Crippen LogP contribution in [0.15, 0.2) is 42.5 Å². The van der Waals surface area contributed by atoms with Gasteiger partial charge in [0.1, 0.15) is 18.5 Å². The van der Waals surface area contributed by atoms with Crippen LogP contribution in [0.4, 0.5) is 18.9 Å². The molecule has 0 saturated carbocycles. The molecule has 0 aliphatic carbocycles. The molecule has 8 nitrogen and oxygen atoms in total. The van der Waals surface area contributed by atoms with Crippen LogP contribution in [0.2, 0.25) is 0 Å². The molecule has 1 fully saturated rings. The summed E-state index contributed by atoms with van der Waals surface area (Å²) < 4.78 is 72.4. The number of thiazole rings is 1. The van der Waals surface area contributed by atoms with Gasteiger partial charge in [-0.05, 0) is 37.3 Å². The third-order valence-electron chi connectivity index (χ3n) is 5.98. The van der Waals surface area contributed by atoms with E-state index in [9.17, 15) is 26.7 Å². The summed E-state index contributed by atoms with van der Waals surface area (Å²) in [5, 5.41) is 11.4. The molecular formula is C24H29F3N4O4S2. The summed E-state index contributed by atoms with van der Waals surface area (Å²) in [6.45, 7) is 5.33. The number of halogens is 3. The van der Waals surface area contributed by atoms with Crippen molar-refractivity contribution in [3.05, 3.63) is 53.0 Å². The minimum atomic E-state index is -4.55. The van der Waals surface area contributed by atoms with Gasteiger partial charge in [0.2, 0.25) is 10.0 Å². The van der Waals surface area contributed by atoms with E-state index in [0.29, 0.717) is 38.5 Å². The van der Waals surface area contributed by atoms with Crippen LogP contribution in [0.3, 0.4) is 0 Å². The average molecular weight is 559 g/mol. The summed E-state index contributed by atoms with van der Waals surface area (Å²) in [5.74, 6) is 0.421. The number of aliphatic hydroxyl groups excluding tert-OH is 1. The van der Waals surface area contributed by atoms with Gasteiger partial charge in [0.25, 0.3) is 0 Å². The number of aromatic nitrogens is 1. The van der Waals surface area contributed by atoms with Crippen LogP contribution in [0, 0.1) is 6.92 Å². The van der Waals surface area contributed by atoms with Crippen molar-refractivity contribution in [2.45, 2.75) is 19.2 Å². The van der Waals surface area contributed by atoms with E-state index in [1.54, 1.807) is 11.3 Å². The number of sulfonamides is 1. The number of hydrogen-bond donors (Lipinski definition) is 2. The number of aliphatic hydroxyl groups is 1. The summed E-state index contributed by atoms with van der Waals surface area (Å²) in [6.07, 6.45) is -5.23. The summed E-state index contributed by atoms with van der Waals surface area (Å²) in [6, 6.07) is 9.81. The third-order valence-corrected chi connectivity index (χ3v) is 8.20. The lowest BCUT2D eigenvalue weighted by atomic mass is 10.2. The summed E-state index contributed by atoms with van der Waals surface area (Å²) >= 11 is 1.61. The van der Waals surface area contributed by atoms with Crippen LogP contribution in [-0.4, -0.2) is 86.0 Å². The van der Waals surface area contributed by atoms with E-state index < -0.39 is 27.9 Å². The molecule has 0 unspecified atom stereocenters. The van der Waals surface area contributed by atoms with Crippen molar-refractivity contribution in [2.75, 3.05) is 56.4 Å². The van der Waals surface area contributed by atoms with Gasteiger partial charge in [0.15, 0.2) is 0 Å². The number of ether oxygens (including phenoxy) is 1. The zero-order chi connectivity index (χ0) is 26.6. The van der Waals surface area contributed by atoms with Crippen molar-refractivity contribution < 1.29 is 31.4 Å². The highest BCUT2D eigenvalue weighted by Gasteiger charge is 2.30. The third kappa shape index (κ3) is 8.01. The molecule has 3 aromatic rings. The van der Waals surface area contributed by atoms with Crippen molar-refractivity contribution >= 4 is 37.3 Å². The Morgan fingerprint density at radius 3 is 2.59 bits per heavy atom. The number of nitrogens with zero attached hydrogens (tertiary/aromatic N) is 3. The van der Waals surface area contributed by atoms with E-state index >= 15 is 0 Å². The van der Waals surface area contributed by atoms with Crippen LogP contribution < -0.4 is 9.46 Å². The van der Waals surface area contributed by atoms with Crippen molar-refractivity contribution in [3.8, 4) is 5.75 Å². The van der Waals surface area contributed by atoms with Crippen molar-refractivity contribution in [3.63, 3.8) is 0 Å². The number of rotatable bonds is 10. The lowest BCUT2D eigenvalue weighted by Crippen LogP contribution is -2.50. The molecule has 1 aromatic heterocycles. The number of anilines is 1. The smallest absolute Gasteiger partial charge is 0.416 e. The minimum absolute atomic E-state index is 0.113. The fraction of sp³-hybridized carbons (Fsp3) is 0.458. The molecule has 1 atom stereocenters. The second-order valence-electron chi connectivity index (χ2n) is 8.97. The molecule has 2 heterocycles.